The van der Waals surface area contributed by atoms with Gasteiger partial charge < -0.3 is 15.4 Å². The molecule has 2 amide bonds. The highest BCUT2D eigenvalue weighted by Gasteiger charge is 2.29. The van der Waals surface area contributed by atoms with Crippen molar-refractivity contribution in [3.8, 4) is 22.8 Å². The van der Waals surface area contributed by atoms with E-state index in [1.165, 1.54) is 24.4 Å². The summed E-state index contributed by atoms with van der Waals surface area (Å²) in [5, 5.41) is 9.68. The number of halogens is 1. The number of fused-ring (bicyclic) bond motifs is 1. The highest BCUT2D eigenvalue weighted by atomic mass is 19.1. The quantitative estimate of drug-likeness (QED) is 0.325. The van der Waals surface area contributed by atoms with Crippen LogP contribution in [0.2, 0.25) is 0 Å². The van der Waals surface area contributed by atoms with E-state index in [4.69, 9.17) is 4.74 Å². The minimum Gasteiger partial charge on any atom is -0.454 e. The molecule has 38 heavy (non-hydrogen) atoms. The van der Waals surface area contributed by atoms with Crippen LogP contribution in [0.3, 0.4) is 0 Å². The van der Waals surface area contributed by atoms with Crippen LogP contribution in [0.1, 0.15) is 23.3 Å². The molecule has 1 aliphatic carbocycles. The Morgan fingerprint density at radius 1 is 0.947 bits per heavy atom. The van der Waals surface area contributed by atoms with Crippen molar-refractivity contribution in [3.63, 3.8) is 0 Å². The number of benzene rings is 1. The number of carbonyl (C=O) groups is 2. The average molecular weight is 510 g/mol. The molecular formula is C27H20FN7O3. The number of ether oxygens (including phenoxy) is 1. The van der Waals surface area contributed by atoms with Crippen molar-refractivity contribution in [3.05, 3.63) is 90.9 Å². The van der Waals surface area contributed by atoms with E-state index in [1.807, 2.05) is 0 Å². The third-order valence-electron chi connectivity index (χ3n) is 5.92. The molecule has 0 saturated heterocycles. The first-order chi connectivity index (χ1) is 18.5. The van der Waals surface area contributed by atoms with E-state index >= 15 is 0 Å². The summed E-state index contributed by atoms with van der Waals surface area (Å²) in [6.45, 7) is 0. The lowest BCUT2D eigenvalue weighted by molar-refractivity contribution is -0.117. The number of anilines is 2. The van der Waals surface area contributed by atoms with Crippen molar-refractivity contribution in [2.75, 3.05) is 10.6 Å². The molecule has 2 N–H and O–H groups in total. The molecule has 10 nitrogen and oxygen atoms in total. The number of nitrogens with one attached hydrogen (secondary N) is 2. The van der Waals surface area contributed by atoms with Crippen molar-refractivity contribution < 1.29 is 18.7 Å². The minimum atomic E-state index is -0.681. The van der Waals surface area contributed by atoms with Gasteiger partial charge in [0.1, 0.15) is 17.3 Å². The van der Waals surface area contributed by atoms with Crippen molar-refractivity contribution in [2.24, 2.45) is 5.92 Å². The van der Waals surface area contributed by atoms with Gasteiger partial charge in [-0.3, -0.25) is 14.6 Å². The maximum absolute atomic E-state index is 14.9. The number of hydrogen-bond acceptors (Lipinski definition) is 7. The Bertz CT molecular complexity index is 1670. The van der Waals surface area contributed by atoms with Crippen LogP contribution < -0.4 is 15.4 Å². The van der Waals surface area contributed by atoms with Gasteiger partial charge in [-0.25, -0.2) is 18.9 Å². The number of carbonyl (C=O) groups excluding carboxylic acids is 2. The molecular weight excluding hydrogens is 489 g/mol. The van der Waals surface area contributed by atoms with E-state index in [-0.39, 0.29) is 29.0 Å². The Morgan fingerprint density at radius 3 is 2.58 bits per heavy atom. The lowest BCUT2D eigenvalue weighted by Gasteiger charge is -2.11. The first-order valence-corrected chi connectivity index (χ1v) is 11.8. The molecule has 11 heteroatoms. The van der Waals surface area contributed by atoms with Gasteiger partial charge in [-0.05, 0) is 49.2 Å². The zero-order chi connectivity index (χ0) is 26.1. The SMILES string of the molecule is O=C(Nc1ccc(Oc2ccnc(NC(=O)C3CC3)c2)c(F)c1)c1cc(-c2ccncc2)n2nccc2n1. The number of amides is 2. The standard InChI is InChI=1S/C27H20FN7O3/c28-20-13-18(3-4-23(20)38-19-7-11-30-24(14-19)34-26(36)17-1-2-17)32-27(37)21-15-22(16-5-9-29-10-6-16)35-25(33-21)8-12-31-35/h3-15,17H,1-2H2,(H,32,37)(H,30,34,36). The van der Waals surface area contributed by atoms with Gasteiger partial charge in [-0.1, -0.05) is 0 Å². The average Bonchev–Trinajstić information content (AvgIpc) is 3.68. The van der Waals surface area contributed by atoms with Gasteiger partial charge in [0, 0.05) is 54.0 Å². The first-order valence-electron chi connectivity index (χ1n) is 11.8. The van der Waals surface area contributed by atoms with E-state index in [0.717, 1.165) is 24.5 Å². The number of nitrogens with zero attached hydrogens (tertiary/aromatic N) is 5. The van der Waals surface area contributed by atoms with Gasteiger partial charge in [0.15, 0.2) is 17.2 Å². The van der Waals surface area contributed by atoms with Crippen LogP contribution in [0.15, 0.2) is 79.4 Å². The Kier molecular flexibility index (Phi) is 5.92. The van der Waals surface area contributed by atoms with Crippen LogP contribution in [0.25, 0.3) is 16.9 Å². The van der Waals surface area contributed by atoms with E-state index in [9.17, 15) is 14.0 Å². The highest BCUT2D eigenvalue weighted by Crippen LogP contribution is 2.31. The van der Waals surface area contributed by atoms with Crippen molar-refractivity contribution in [1.82, 2.24) is 24.6 Å². The molecule has 1 aliphatic rings. The number of pyridine rings is 2. The third-order valence-corrected chi connectivity index (χ3v) is 5.92. The second kappa shape index (κ2) is 9.69. The van der Waals surface area contributed by atoms with Crippen LogP contribution in [0.4, 0.5) is 15.9 Å². The Hall–Kier alpha value is -5.19. The molecule has 6 rings (SSSR count). The Labute approximate surface area is 215 Å². The van der Waals surface area contributed by atoms with E-state index in [2.05, 4.69) is 30.7 Å². The molecule has 0 atom stereocenters. The van der Waals surface area contributed by atoms with Gasteiger partial charge in [0.2, 0.25) is 5.91 Å². The summed E-state index contributed by atoms with van der Waals surface area (Å²) in [6.07, 6.45) is 8.10. The summed E-state index contributed by atoms with van der Waals surface area (Å²) in [5.41, 5.74) is 2.33. The topological polar surface area (TPSA) is 123 Å². The molecule has 0 unspecified atom stereocenters. The van der Waals surface area contributed by atoms with Gasteiger partial charge in [-0.2, -0.15) is 5.10 Å². The predicted octanol–water partition coefficient (Wildman–Crippen LogP) is 4.72. The lowest BCUT2D eigenvalue weighted by atomic mass is 10.1. The minimum absolute atomic E-state index is 0.0287. The second-order valence-electron chi connectivity index (χ2n) is 8.71. The smallest absolute Gasteiger partial charge is 0.274 e. The summed E-state index contributed by atoms with van der Waals surface area (Å²) >= 11 is 0. The van der Waals surface area contributed by atoms with Crippen LogP contribution in [-0.4, -0.2) is 36.4 Å². The number of rotatable bonds is 7. The molecule has 1 saturated carbocycles. The highest BCUT2D eigenvalue weighted by molar-refractivity contribution is 6.03. The maximum Gasteiger partial charge on any atom is 0.274 e. The van der Waals surface area contributed by atoms with Crippen molar-refractivity contribution in [1.29, 1.82) is 0 Å². The third kappa shape index (κ3) is 4.89. The Balaban J connectivity index is 1.19. The van der Waals surface area contributed by atoms with Gasteiger partial charge >= 0.3 is 0 Å². The predicted molar refractivity (Wildman–Crippen MR) is 136 cm³/mol. The van der Waals surface area contributed by atoms with Crippen LogP contribution in [0.5, 0.6) is 11.5 Å². The summed E-state index contributed by atoms with van der Waals surface area (Å²) < 4.78 is 22.1. The van der Waals surface area contributed by atoms with Crippen LogP contribution >= 0.6 is 0 Å². The number of hydrogen-bond donors (Lipinski definition) is 2. The molecule has 0 bridgehead atoms. The first kappa shape index (κ1) is 23.2. The molecule has 1 aromatic carbocycles. The second-order valence-corrected chi connectivity index (χ2v) is 8.71. The summed E-state index contributed by atoms with van der Waals surface area (Å²) in [6, 6.07) is 14.1. The van der Waals surface area contributed by atoms with Gasteiger partial charge in [-0.15, -0.1) is 0 Å². The molecule has 0 spiro atoms. The monoisotopic (exact) mass is 509 g/mol. The van der Waals surface area contributed by atoms with Gasteiger partial charge in [0.05, 0.1) is 11.9 Å². The van der Waals surface area contributed by atoms with Crippen LogP contribution in [-0.2, 0) is 4.79 Å². The zero-order valence-corrected chi connectivity index (χ0v) is 19.8. The summed E-state index contributed by atoms with van der Waals surface area (Å²) in [5.74, 6) is -0.660. The fraction of sp³-hybridized carbons (Fsp3) is 0.111. The number of aromatic nitrogens is 5. The molecule has 1 fully saturated rings. The van der Waals surface area contributed by atoms with E-state index < -0.39 is 11.7 Å². The van der Waals surface area contributed by atoms with Crippen molar-refractivity contribution >= 4 is 29.0 Å². The summed E-state index contributed by atoms with van der Waals surface area (Å²) in [4.78, 5) is 37.5. The molecule has 188 valence electrons. The fourth-order valence-corrected chi connectivity index (χ4v) is 3.86. The molecule has 4 aromatic heterocycles. The van der Waals surface area contributed by atoms with Crippen molar-refractivity contribution in [2.45, 2.75) is 12.8 Å². The Morgan fingerprint density at radius 2 is 1.79 bits per heavy atom. The molecule has 0 aliphatic heterocycles. The van der Waals surface area contributed by atoms with E-state index in [1.54, 1.807) is 53.4 Å². The fourth-order valence-electron chi connectivity index (χ4n) is 3.86. The molecule has 5 aromatic rings. The normalized spacial score (nSPS) is 12.8. The lowest BCUT2D eigenvalue weighted by Crippen LogP contribution is -2.15. The molecule has 0 radical (unpaired) electrons. The van der Waals surface area contributed by atoms with E-state index in [0.29, 0.717) is 22.9 Å². The summed E-state index contributed by atoms with van der Waals surface area (Å²) in [7, 11) is 0. The van der Waals surface area contributed by atoms with Crippen LogP contribution in [0, 0.1) is 11.7 Å². The largest absolute Gasteiger partial charge is 0.454 e. The zero-order valence-electron chi connectivity index (χ0n) is 19.8. The van der Waals surface area contributed by atoms with Gasteiger partial charge in [0.25, 0.3) is 5.91 Å². The molecule has 4 heterocycles. The maximum atomic E-state index is 14.9.